The van der Waals surface area contributed by atoms with Gasteiger partial charge in [0, 0.05) is 24.2 Å². The van der Waals surface area contributed by atoms with Crippen LogP contribution in [-0.4, -0.2) is 39.2 Å². The van der Waals surface area contributed by atoms with Gasteiger partial charge in [0.25, 0.3) is 0 Å². The van der Waals surface area contributed by atoms with E-state index in [1.165, 1.54) is 17.7 Å². The Morgan fingerprint density at radius 2 is 2.13 bits per heavy atom. The van der Waals surface area contributed by atoms with Gasteiger partial charge >= 0.3 is 0 Å². The van der Waals surface area contributed by atoms with E-state index in [0.29, 0.717) is 5.89 Å². The third kappa shape index (κ3) is 3.46. The minimum atomic E-state index is 0.00508. The van der Waals surface area contributed by atoms with E-state index in [-0.39, 0.29) is 12.1 Å². The van der Waals surface area contributed by atoms with Crippen molar-refractivity contribution < 1.29 is 9.15 Å². The molecule has 6 nitrogen and oxygen atoms in total. The molecule has 4 heterocycles. The Balaban J connectivity index is 1.44. The molecular weight excluding hydrogens is 312 g/mol. The van der Waals surface area contributed by atoms with Crippen LogP contribution >= 0.6 is 11.5 Å². The lowest BCUT2D eigenvalue weighted by Crippen LogP contribution is -2.35. The van der Waals surface area contributed by atoms with Crippen LogP contribution in [0.15, 0.2) is 16.7 Å². The number of hydrogen-bond donors (Lipinski definition) is 0. The minimum absolute atomic E-state index is 0.00508. The van der Waals surface area contributed by atoms with Crippen LogP contribution in [0.25, 0.3) is 0 Å². The maximum atomic E-state index is 5.98. The first kappa shape index (κ1) is 15.2. The van der Waals surface area contributed by atoms with Crippen LogP contribution in [0.5, 0.6) is 0 Å². The first-order valence-corrected chi connectivity index (χ1v) is 9.26. The van der Waals surface area contributed by atoms with Gasteiger partial charge in [0.15, 0.2) is 0 Å². The van der Waals surface area contributed by atoms with Gasteiger partial charge in [0.1, 0.15) is 6.10 Å². The number of hydrogen-bond acceptors (Lipinski definition) is 7. The van der Waals surface area contributed by atoms with Gasteiger partial charge in [-0.15, -0.1) is 10.2 Å². The molecule has 2 fully saturated rings. The van der Waals surface area contributed by atoms with Gasteiger partial charge in [-0.25, -0.2) is 4.37 Å². The topological polar surface area (TPSA) is 64.3 Å². The van der Waals surface area contributed by atoms with Gasteiger partial charge in [-0.2, -0.15) is 0 Å². The molecule has 0 spiro atoms. The van der Waals surface area contributed by atoms with E-state index in [4.69, 9.17) is 9.15 Å². The number of nitrogens with zero attached hydrogens (tertiary/aromatic N) is 4. The molecule has 0 aliphatic carbocycles. The fraction of sp³-hybridized carbons (Fsp3) is 0.688. The molecule has 7 heteroatoms. The Bertz CT molecular complexity index is 609. The Hall–Kier alpha value is -1.31. The second-order valence-electron chi connectivity index (χ2n) is 6.26. The summed E-state index contributed by atoms with van der Waals surface area (Å²) < 4.78 is 15.8. The predicted molar refractivity (Wildman–Crippen MR) is 86.2 cm³/mol. The molecule has 2 saturated heterocycles. The molecule has 2 aromatic rings. The first-order chi connectivity index (χ1) is 11.4. The monoisotopic (exact) mass is 334 g/mol. The summed E-state index contributed by atoms with van der Waals surface area (Å²) in [4.78, 5) is 3.82. The number of ether oxygens (including phenoxy) is 1. The van der Waals surface area contributed by atoms with Crippen molar-refractivity contribution in [2.24, 2.45) is 0 Å². The molecular formula is C16H22N4O2S. The zero-order chi connectivity index (χ0) is 15.5. The van der Waals surface area contributed by atoms with E-state index in [9.17, 15) is 0 Å². The molecule has 0 saturated carbocycles. The fourth-order valence-electron chi connectivity index (χ4n) is 3.45. The molecule has 0 bridgehead atoms. The van der Waals surface area contributed by atoms with Crippen LogP contribution in [0.2, 0.25) is 0 Å². The second kappa shape index (κ2) is 7.07. The van der Waals surface area contributed by atoms with Crippen molar-refractivity contribution in [2.75, 3.05) is 19.7 Å². The molecule has 0 amide bonds. The van der Waals surface area contributed by atoms with Gasteiger partial charge in [-0.05, 0) is 56.2 Å². The molecule has 0 radical (unpaired) electrons. The molecule has 4 rings (SSSR count). The van der Waals surface area contributed by atoms with E-state index in [1.54, 1.807) is 11.5 Å². The van der Waals surface area contributed by atoms with Crippen LogP contribution in [-0.2, 0) is 11.2 Å². The molecule has 1 unspecified atom stereocenters. The van der Waals surface area contributed by atoms with Crippen molar-refractivity contribution in [3.8, 4) is 0 Å². The van der Waals surface area contributed by atoms with Crippen LogP contribution in [0.3, 0.4) is 0 Å². The predicted octanol–water partition coefficient (Wildman–Crippen LogP) is 3.15. The van der Waals surface area contributed by atoms with Crippen molar-refractivity contribution in [1.29, 1.82) is 0 Å². The highest BCUT2D eigenvalue weighted by atomic mass is 32.1. The lowest BCUT2D eigenvalue weighted by atomic mass is 10.0. The summed E-state index contributed by atoms with van der Waals surface area (Å²) in [5.74, 6) is 1.42. The summed E-state index contributed by atoms with van der Waals surface area (Å²) in [6, 6.07) is 2.35. The largest absolute Gasteiger partial charge is 0.421 e. The summed E-state index contributed by atoms with van der Waals surface area (Å²) in [6.07, 6.45) is 8.54. The summed E-state index contributed by atoms with van der Waals surface area (Å²) in [7, 11) is 0. The number of likely N-dealkylation sites (tertiary alicyclic amines) is 1. The maximum Gasteiger partial charge on any atom is 0.245 e. The highest BCUT2D eigenvalue weighted by Gasteiger charge is 2.30. The van der Waals surface area contributed by atoms with Crippen LogP contribution in [0.4, 0.5) is 0 Å². The molecule has 124 valence electrons. The van der Waals surface area contributed by atoms with Gasteiger partial charge in [0.05, 0.1) is 6.04 Å². The summed E-state index contributed by atoms with van der Waals surface area (Å²) in [5, 5.41) is 8.57. The van der Waals surface area contributed by atoms with Crippen molar-refractivity contribution in [3.63, 3.8) is 0 Å². The standard InChI is InChI=1S/C16H22N4O2S/c1-2-9-20(10-7-12-6-8-17-23-12)13(4-1)15-18-19-16(22-15)14-5-3-11-21-14/h6,8,13-14H,1-5,7,9-11H2/t13?,14-/m1/s1. The number of aromatic nitrogens is 3. The van der Waals surface area contributed by atoms with Crippen LogP contribution in [0.1, 0.15) is 60.9 Å². The van der Waals surface area contributed by atoms with Crippen molar-refractivity contribution in [2.45, 2.75) is 50.7 Å². The molecule has 2 aliphatic rings. The van der Waals surface area contributed by atoms with E-state index in [1.807, 2.05) is 6.20 Å². The summed E-state index contributed by atoms with van der Waals surface area (Å²) in [6.45, 7) is 2.92. The van der Waals surface area contributed by atoms with Crippen molar-refractivity contribution >= 4 is 11.5 Å². The SMILES string of the molecule is c1cc(CCN2CCCCC2c2nnc([C@H]3CCCO3)o2)sn1. The molecule has 2 aromatic heterocycles. The zero-order valence-electron chi connectivity index (χ0n) is 13.2. The quantitative estimate of drug-likeness (QED) is 0.837. The van der Waals surface area contributed by atoms with Crippen LogP contribution < -0.4 is 0 Å². The summed E-state index contributed by atoms with van der Waals surface area (Å²) >= 11 is 1.58. The Morgan fingerprint density at radius 1 is 1.17 bits per heavy atom. The Kier molecular flexibility index (Phi) is 4.68. The second-order valence-corrected chi connectivity index (χ2v) is 7.17. The fourth-order valence-corrected chi connectivity index (χ4v) is 4.01. The highest BCUT2D eigenvalue weighted by Crippen LogP contribution is 2.33. The van der Waals surface area contributed by atoms with E-state index in [0.717, 1.165) is 51.3 Å². The first-order valence-electron chi connectivity index (χ1n) is 8.48. The lowest BCUT2D eigenvalue weighted by Gasteiger charge is -2.33. The Labute approximate surface area is 140 Å². The molecule has 23 heavy (non-hydrogen) atoms. The number of piperidine rings is 1. The Morgan fingerprint density at radius 3 is 2.96 bits per heavy atom. The van der Waals surface area contributed by atoms with Gasteiger partial charge in [-0.1, -0.05) is 6.42 Å². The smallest absolute Gasteiger partial charge is 0.245 e. The average molecular weight is 334 g/mol. The molecule has 2 atom stereocenters. The summed E-state index contributed by atoms with van der Waals surface area (Å²) in [5.41, 5.74) is 0. The van der Waals surface area contributed by atoms with Crippen molar-refractivity contribution in [3.05, 3.63) is 28.9 Å². The van der Waals surface area contributed by atoms with E-state index >= 15 is 0 Å². The van der Waals surface area contributed by atoms with E-state index < -0.39 is 0 Å². The third-order valence-corrected chi connectivity index (χ3v) is 5.50. The van der Waals surface area contributed by atoms with Crippen molar-refractivity contribution in [1.82, 2.24) is 19.5 Å². The van der Waals surface area contributed by atoms with Gasteiger partial charge in [-0.3, -0.25) is 4.90 Å². The maximum absolute atomic E-state index is 5.98. The lowest BCUT2D eigenvalue weighted by molar-refractivity contribution is 0.0810. The zero-order valence-corrected chi connectivity index (χ0v) is 14.0. The minimum Gasteiger partial charge on any atom is -0.421 e. The number of rotatable bonds is 5. The van der Waals surface area contributed by atoms with E-state index in [2.05, 4.69) is 25.5 Å². The average Bonchev–Trinajstić information content (AvgIpc) is 3.34. The highest BCUT2D eigenvalue weighted by molar-refractivity contribution is 7.05. The molecule has 2 aliphatic heterocycles. The third-order valence-electron chi connectivity index (χ3n) is 4.70. The van der Waals surface area contributed by atoms with Gasteiger partial charge < -0.3 is 9.15 Å². The normalized spacial score (nSPS) is 25.9. The molecule has 0 aromatic carbocycles. The van der Waals surface area contributed by atoms with Crippen LogP contribution in [0, 0.1) is 0 Å². The molecule has 0 N–H and O–H groups in total. The van der Waals surface area contributed by atoms with Gasteiger partial charge in [0.2, 0.25) is 11.8 Å².